The third-order valence-corrected chi connectivity index (χ3v) is 5.99. The summed E-state index contributed by atoms with van der Waals surface area (Å²) in [5, 5.41) is 0. The third kappa shape index (κ3) is 4.22. The fraction of sp³-hybridized carbons (Fsp3) is 0.435. The minimum Gasteiger partial charge on any atom is -0.341 e. The summed E-state index contributed by atoms with van der Waals surface area (Å²) in [4.78, 5) is 17.5. The summed E-state index contributed by atoms with van der Waals surface area (Å²) < 4.78 is 13.5. The van der Waals surface area contributed by atoms with Crippen molar-refractivity contribution in [3.05, 3.63) is 71.0 Å². The van der Waals surface area contributed by atoms with Crippen molar-refractivity contribution in [1.82, 2.24) is 9.80 Å². The number of nitrogens with zero attached hydrogens (tertiary/aromatic N) is 2. The summed E-state index contributed by atoms with van der Waals surface area (Å²) in [7, 11) is 0. The zero-order chi connectivity index (χ0) is 18.8. The molecule has 4 heteroatoms. The van der Waals surface area contributed by atoms with Gasteiger partial charge in [0.05, 0.1) is 6.42 Å². The molecule has 0 N–H and O–H groups in total. The fourth-order valence-electron chi connectivity index (χ4n) is 4.50. The highest BCUT2D eigenvalue weighted by atomic mass is 19.1. The van der Waals surface area contributed by atoms with Crippen molar-refractivity contribution in [3.63, 3.8) is 0 Å². The molecule has 0 unspecified atom stereocenters. The molecule has 0 spiro atoms. The molecule has 2 bridgehead atoms. The average Bonchev–Trinajstić information content (AvgIpc) is 2.98. The summed E-state index contributed by atoms with van der Waals surface area (Å²) in [6.45, 7) is 5.43. The summed E-state index contributed by atoms with van der Waals surface area (Å²) >= 11 is 0. The van der Waals surface area contributed by atoms with E-state index in [-0.39, 0.29) is 11.7 Å². The van der Waals surface area contributed by atoms with Crippen molar-refractivity contribution < 1.29 is 9.18 Å². The monoisotopic (exact) mass is 366 g/mol. The summed E-state index contributed by atoms with van der Waals surface area (Å²) in [5.41, 5.74) is 2.84. The van der Waals surface area contributed by atoms with E-state index in [0.29, 0.717) is 23.9 Å². The maximum Gasteiger partial charge on any atom is 0.227 e. The van der Waals surface area contributed by atoms with E-state index in [1.807, 2.05) is 4.90 Å². The van der Waals surface area contributed by atoms with Crippen molar-refractivity contribution in [3.8, 4) is 0 Å². The lowest BCUT2D eigenvalue weighted by atomic mass is 9.94. The Bertz CT molecular complexity index is 807. The number of carbonyl (C=O) groups excluding carboxylic acids is 1. The second-order valence-electron chi connectivity index (χ2n) is 8.07. The highest BCUT2D eigenvalue weighted by molar-refractivity contribution is 5.79. The number of hydrogen-bond acceptors (Lipinski definition) is 2. The smallest absolute Gasteiger partial charge is 0.227 e. The van der Waals surface area contributed by atoms with Crippen molar-refractivity contribution in [2.24, 2.45) is 5.92 Å². The van der Waals surface area contributed by atoms with Crippen LogP contribution in [0.3, 0.4) is 0 Å². The van der Waals surface area contributed by atoms with E-state index in [1.165, 1.54) is 18.1 Å². The molecule has 3 nitrogen and oxygen atoms in total. The van der Waals surface area contributed by atoms with Gasteiger partial charge in [0.25, 0.3) is 0 Å². The zero-order valence-corrected chi connectivity index (χ0v) is 15.9. The van der Waals surface area contributed by atoms with Crippen LogP contribution in [0.5, 0.6) is 0 Å². The van der Waals surface area contributed by atoms with Gasteiger partial charge < -0.3 is 4.90 Å². The summed E-state index contributed by atoms with van der Waals surface area (Å²) in [6, 6.07) is 16.0. The molecule has 5 rings (SSSR count). The van der Waals surface area contributed by atoms with E-state index in [4.69, 9.17) is 0 Å². The molecule has 0 aromatic heterocycles. The van der Waals surface area contributed by atoms with Gasteiger partial charge in [-0.3, -0.25) is 9.69 Å². The van der Waals surface area contributed by atoms with Gasteiger partial charge in [-0.25, -0.2) is 4.39 Å². The molecule has 3 aliphatic rings. The van der Waals surface area contributed by atoms with Crippen molar-refractivity contribution >= 4 is 5.91 Å². The van der Waals surface area contributed by atoms with Crippen LogP contribution in [-0.4, -0.2) is 41.4 Å². The SMILES string of the molecule is Cc1cc(CC(=O)N2C[C@H]3CC[C@@H](C2)N(Cc2ccccc2)C3)ccc1F. The second-order valence-corrected chi connectivity index (χ2v) is 8.07. The summed E-state index contributed by atoms with van der Waals surface area (Å²) in [5.74, 6) is 0.501. The first kappa shape index (κ1) is 18.2. The van der Waals surface area contributed by atoms with Gasteiger partial charge in [-0.05, 0) is 48.4 Å². The first-order chi connectivity index (χ1) is 13.1. The predicted molar refractivity (Wildman–Crippen MR) is 105 cm³/mol. The van der Waals surface area contributed by atoms with Gasteiger partial charge in [0.1, 0.15) is 5.82 Å². The Morgan fingerprint density at radius 1 is 1.04 bits per heavy atom. The molecule has 3 heterocycles. The molecule has 3 saturated heterocycles. The molecule has 2 aromatic rings. The Labute approximate surface area is 160 Å². The number of amides is 1. The van der Waals surface area contributed by atoms with Gasteiger partial charge in [-0.2, -0.15) is 0 Å². The van der Waals surface area contributed by atoms with Crippen LogP contribution in [-0.2, 0) is 17.8 Å². The molecule has 142 valence electrons. The van der Waals surface area contributed by atoms with Crippen molar-refractivity contribution in [2.75, 3.05) is 19.6 Å². The van der Waals surface area contributed by atoms with Crippen LogP contribution in [0.4, 0.5) is 4.39 Å². The van der Waals surface area contributed by atoms with Crippen LogP contribution in [0.25, 0.3) is 0 Å². The van der Waals surface area contributed by atoms with Crippen LogP contribution >= 0.6 is 0 Å². The quantitative estimate of drug-likeness (QED) is 0.822. The van der Waals surface area contributed by atoms with E-state index < -0.39 is 0 Å². The topological polar surface area (TPSA) is 23.6 Å². The zero-order valence-electron chi connectivity index (χ0n) is 15.9. The molecule has 3 fully saturated rings. The third-order valence-electron chi connectivity index (χ3n) is 5.99. The van der Waals surface area contributed by atoms with E-state index in [1.54, 1.807) is 19.1 Å². The van der Waals surface area contributed by atoms with Crippen LogP contribution in [0.15, 0.2) is 48.5 Å². The predicted octanol–water partition coefficient (Wildman–Crippen LogP) is 3.80. The van der Waals surface area contributed by atoms with Gasteiger partial charge in [0, 0.05) is 32.2 Å². The Morgan fingerprint density at radius 3 is 2.63 bits per heavy atom. The maximum absolute atomic E-state index is 13.5. The Hall–Kier alpha value is -2.20. The molecule has 2 atom stereocenters. The minimum atomic E-state index is -0.212. The van der Waals surface area contributed by atoms with E-state index in [9.17, 15) is 9.18 Å². The van der Waals surface area contributed by atoms with Crippen LogP contribution in [0.2, 0.25) is 0 Å². The lowest BCUT2D eigenvalue weighted by Crippen LogP contribution is -2.44. The number of rotatable bonds is 4. The molecule has 0 aliphatic carbocycles. The summed E-state index contributed by atoms with van der Waals surface area (Å²) in [6.07, 6.45) is 2.73. The largest absolute Gasteiger partial charge is 0.341 e. The second kappa shape index (κ2) is 7.81. The number of aryl methyl sites for hydroxylation is 1. The average molecular weight is 366 g/mol. The van der Waals surface area contributed by atoms with Gasteiger partial charge in [0.15, 0.2) is 0 Å². The number of halogens is 1. The standard InChI is InChI=1S/C23H27FN2O/c1-17-11-19(8-10-22(17)24)12-23(27)26-15-20-7-9-21(16-26)25(14-20)13-18-5-3-2-4-6-18/h2-6,8,10-11,20-21H,7,9,12-16H2,1H3/t20-,21-/m0/s1. The van der Waals surface area contributed by atoms with Gasteiger partial charge in [0.2, 0.25) is 5.91 Å². The van der Waals surface area contributed by atoms with Gasteiger partial charge in [-0.1, -0.05) is 42.5 Å². The molecule has 3 aliphatic heterocycles. The van der Waals surface area contributed by atoms with Crippen LogP contribution in [0, 0.1) is 18.7 Å². The Balaban J connectivity index is 1.43. The maximum atomic E-state index is 13.5. The number of fused-ring (bicyclic) bond motifs is 4. The van der Waals surface area contributed by atoms with Crippen LogP contribution in [0.1, 0.15) is 29.5 Å². The molecule has 0 saturated carbocycles. The number of piperidine rings is 1. The van der Waals surface area contributed by atoms with Crippen molar-refractivity contribution in [2.45, 2.75) is 38.8 Å². The first-order valence-corrected chi connectivity index (χ1v) is 9.89. The van der Waals surface area contributed by atoms with Crippen molar-refractivity contribution in [1.29, 1.82) is 0 Å². The lowest BCUT2D eigenvalue weighted by molar-refractivity contribution is -0.130. The minimum absolute atomic E-state index is 0.166. The highest BCUT2D eigenvalue weighted by Crippen LogP contribution is 2.29. The molecule has 2 aromatic carbocycles. The Morgan fingerprint density at radius 2 is 1.85 bits per heavy atom. The van der Waals surface area contributed by atoms with Gasteiger partial charge in [-0.15, -0.1) is 0 Å². The molecular formula is C23H27FN2O. The number of hydrogen-bond donors (Lipinski definition) is 0. The molecule has 0 radical (unpaired) electrons. The Kier molecular flexibility index (Phi) is 5.26. The molecule has 27 heavy (non-hydrogen) atoms. The lowest BCUT2D eigenvalue weighted by Gasteiger charge is -2.36. The first-order valence-electron chi connectivity index (χ1n) is 9.89. The van der Waals surface area contributed by atoms with E-state index >= 15 is 0 Å². The van der Waals surface area contributed by atoms with Gasteiger partial charge >= 0.3 is 0 Å². The number of benzene rings is 2. The van der Waals surface area contributed by atoms with E-state index in [2.05, 4.69) is 35.2 Å². The fourth-order valence-corrected chi connectivity index (χ4v) is 4.50. The molecule has 1 amide bonds. The van der Waals surface area contributed by atoms with Crippen LogP contribution < -0.4 is 0 Å². The number of carbonyl (C=O) groups is 1. The van der Waals surface area contributed by atoms with E-state index in [0.717, 1.165) is 38.2 Å². The molecular weight excluding hydrogens is 339 g/mol. The normalized spacial score (nSPS) is 22.7. The highest BCUT2D eigenvalue weighted by Gasteiger charge is 2.36.